The molecular formula is C19H28O2. The number of rotatable bonds is 9. The van der Waals surface area contributed by atoms with E-state index in [-0.39, 0.29) is 12.1 Å². The van der Waals surface area contributed by atoms with E-state index in [4.69, 9.17) is 4.74 Å². The molecule has 1 aromatic rings. The molecule has 2 nitrogen and oxygen atoms in total. The van der Waals surface area contributed by atoms with Gasteiger partial charge in [0.05, 0.1) is 11.7 Å². The van der Waals surface area contributed by atoms with E-state index in [1.807, 2.05) is 37.3 Å². The fourth-order valence-corrected chi connectivity index (χ4v) is 2.23. The first-order valence-electron chi connectivity index (χ1n) is 7.96. The van der Waals surface area contributed by atoms with Crippen molar-refractivity contribution in [3.8, 4) is 0 Å². The van der Waals surface area contributed by atoms with Gasteiger partial charge in [-0.05, 0) is 31.2 Å². The quantitative estimate of drug-likeness (QED) is 0.353. The van der Waals surface area contributed by atoms with Crippen molar-refractivity contribution in [3.63, 3.8) is 0 Å². The van der Waals surface area contributed by atoms with Crippen molar-refractivity contribution in [1.29, 1.82) is 0 Å². The largest absolute Gasteiger partial charge is 0.459 e. The SMILES string of the molecule is C=C(C(=O)OC(C)CCCCCC(C)C)c1ccccc1. The molecule has 0 spiro atoms. The molecule has 0 saturated carbocycles. The fraction of sp³-hybridized carbons (Fsp3) is 0.526. The smallest absolute Gasteiger partial charge is 0.338 e. The molecule has 0 N–H and O–H groups in total. The number of esters is 1. The van der Waals surface area contributed by atoms with Crippen LogP contribution in [0.2, 0.25) is 0 Å². The summed E-state index contributed by atoms with van der Waals surface area (Å²) in [7, 11) is 0. The molecule has 0 aromatic heterocycles. The highest BCUT2D eigenvalue weighted by Crippen LogP contribution is 2.16. The van der Waals surface area contributed by atoms with Crippen molar-refractivity contribution in [1.82, 2.24) is 0 Å². The molecule has 2 heteroatoms. The van der Waals surface area contributed by atoms with Crippen LogP contribution < -0.4 is 0 Å². The summed E-state index contributed by atoms with van der Waals surface area (Å²) in [5.74, 6) is 0.463. The number of carbonyl (C=O) groups excluding carboxylic acids is 1. The number of unbranched alkanes of at least 4 members (excludes halogenated alkanes) is 2. The van der Waals surface area contributed by atoms with E-state index in [2.05, 4.69) is 20.4 Å². The van der Waals surface area contributed by atoms with Gasteiger partial charge >= 0.3 is 5.97 Å². The molecule has 21 heavy (non-hydrogen) atoms. The second-order valence-corrected chi connectivity index (χ2v) is 6.09. The molecular weight excluding hydrogens is 260 g/mol. The molecule has 116 valence electrons. The summed E-state index contributed by atoms with van der Waals surface area (Å²) in [6.07, 6.45) is 5.73. The Morgan fingerprint density at radius 2 is 1.67 bits per heavy atom. The first-order chi connectivity index (χ1) is 10.0. The standard InChI is InChI=1S/C19H28O2/c1-15(2)11-7-5-8-12-16(3)21-19(20)17(4)18-13-9-6-10-14-18/h6,9-10,13-16H,4-5,7-8,11-12H2,1-3H3. The highest BCUT2D eigenvalue weighted by molar-refractivity contribution is 6.15. The number of benzene rings is 1. The van der Waals surface area contributed by atoms with E-state index in [0.717, 1.165) is 24.3 Å². The van der Waals surface area contributed by atoms with Gasteiger partial charge in [0.1, 0.15) is 0 Å². The second kappa shape index (κ2) is 9.38. The van der Waals surface area contributed by atoms with Crippen LogP contribution in [0.3, 0.4) is 0 Å². The van der Waals surface area contributed by atoms with E-state index in [1.54, 1.807) is 0 Å². The van der Waals surface area contributed by atoms with Crippen LogP contribution in [0.1, 0.15) is 58.4 Å². The van der Waals surface area contributed by atoms with Crippen LogP contribution in [0.25, 0.3) is 5.57 Å². The summed E-state index contributed by atoms with van der Waals surface area (Å²) < 4.78 is 5.46. The van der Waals surface area contributed by atoms with Gasteiger partial charge in [0.15, 0.2) is 0 Å². The van der Waals surface area contributed by atoms with Crippen LogP contribution in [0, 0.1) is 5.92 Å². The van der Waals surface area contributed by atoms with Gasteiger partial charge in [0.25, 0.3) is 0 Å². The average molecular weight is 288 g/mol. The lowest BCUT2D eigenvalue weighted by molar-refractivity contribution is -0.141. The van der Waals surface area contributed by atoms with Crippen LogP contribution in [-0.2, 0) is 9.53 Å². The minimum absolute atomic E-state index is 0.0444. The van der Waals surface area contributed by atoms with Gasteiger partial charge in [0.2, 0.25) is 0 Å². The Labute approximate surface area is 129 Å². The Bertz CT molecular complexity index is 434. The van der Waals surface area contributed by atoms with Crippen LogP contribution in [0.5, 0.6) is 0 Å². The fourth-order valence-electron chi connectivity index (χ4n) is 2.23. The first kappa shape index (κ1) is 17.5. The third-order valence-electron chi connectivity index (χ3n) is 3.57. The van der Waals surface area contributed by atoms with Gasteiger partial charge in [0, 0.05) is 0 Å². The van der Waals surface area contributed by atoms with Gasteiger partial charge in [-0.1, -0.05) is 70.0 Å². The predicted octanol–water partition coefficient (Wildman–Crippen LogP) is 5.24. The molecule has 0 heterocycles. The molecule has 1 unspecified atom stereocenters. The van der Waals surface area contributed by atoms with Gasteiger partial charge in [-0.25, -0.2) is 4.79 Å². The molecule has 1 atom stereocenters. The van der Waals surface area contributed by atoms with Crippen LogP contribution >= 0.6 is 0 Å². The number of ether oxygens (including phenoxy) is 1. The Morgan fingerprint density at radius 1 is 1.05 bits per heavy atom. The maximum atomic E-state index is 12.0. The molecule has 0 radical (unpaired) electrons. The zero-order chi connectivity index (χ0) is 15.7. The minimum Gasteiger partial charge on any atom is -0.459 e. The lowest BCUT2D eigenvalue weighted by atomic mass is 10.0. The summed E-state index contributed by atoms with van der Waals surface area (Å²) in [4.78, 5) is 12.0. The summed E-state index contributed by atoms with van der Waals surface area (Å²) in [5, 5.41) is 0. The first-order valence-corrected chi connectivity index (χ1v) is 7.96. The van der Waals surface area contributed by atoms with E-state index in [1.165, 1.54) is 19.3 Å². The molecule has 1 rings (SSSR count). The van der Waals surface area contributed by atoms with Gasteiger partial charge in [-0.3, -0.25) is 0 Å². The van der Waals surface area contributed by atoms with Crippen LogP contribution in [0.4, 0.5) is 0 Å². The number of hydrogen-bond donors (Lipinski definition) is 0. The van der Waals surface area contributed by atoms with Crippen LogP contribution in [-0.4, -0.2) is 12.1 Å². The molecule has 1 aromatic carbocycles. The normalized spacial score (nSPS) is 12.2. The van der Waals surface area contributed by atoms with Crippen molar-refractivity contribution in [2.45, 2.75) is 59.0 Å². The van der Waals surface area contributed by atoms with Crippen molar-refractivity contribution in [2.24, 2.45) is 5.92 Å². The molecule has 0 aliphatic rings. The van der Waals surface area contributed by atoms with E-state index >= 15 is 0 Å². The van der Waals surface area contributed by atoms with E-state index in [9.17, 15) is 4.79 Å². The molecule has 0 fully saturated rings. The maximum Gasteiger partial charge on any atom is 0.338 e. The van der Waals surface area contributed by atoms with E-state index in [0.29, 0.717) is 5.57 Å². The average Bonchev–Trinajstić information content (AvgIpc) is 2.46. The zero-order valence-corrected chi connectivity index (χ0v) is 13.6. The summed E-state index contributed by atoms with van der Waals surface area (Å²) in [5.41, 5.74) is 1.26. The van der Waals surface area contributed by atoms with Gasteiger partial charge < -0.3 is 4.74 Å². The topological polar surface area (TPSA) is 26.3 Å². The Hall–Kier alpha value is -1.57. The molecule has 0 saturated heterocycles. The zero-order valence-electron chi connectivity index (χ0n) is 13.6. The number of hydrogen-bond acceptors (Lipinski definition) is 2. The minimum atomic E-state index is -0.309. The molecule has 0 aliphatic heterocycles. The molecule has 0 aliphatic carbocycles. The summed E-state index contributed by atoms with van der Waals surface area (Å²) in [6.45, 7) is 10.3. The summed E-state index contributed by atoms with van der Waals surface area (Å²) >= 11 is 0. The third kappa shape index (κ3) is 7.12. The maximum absolute atomic E-state index is 12.0. The Balaban J connectivity index is 2.26. The van der Waals surface area contributed by atoms with Crippen molar-refractivity contribution in [2.75, 3.05) is 0 Å². The van der Waals surface area contributed by atoms with Crippen molar-refractivity contribution in [3.05, 3.63) is 42.5 Å². The second-order valence-electron chi connectivity index (χ2n) is 6.09. The lowest BCUT2D eigenvalue weighted by Crippen LogP contribution is -2.15. The summed E-state index contributed by atoms with van der Waals surface area (Å²) in [6, 6.07) is 9.46. The monoisotopic (exact) mass is 288 g/mol. The molecule has 0 amide bonds. The van der Waals surface area contributed by atoms with Crippen molar-refractivity contribution < 1.29 is 9.53 Å². The highest BCUT2D eigenvalue weighted by atomic mass is 16.5. The van der Waals surface area contributed by atoms with Crippen LogP contribution in [0.15, 0.2) is 36.9 Å². The number of carbonyl (C=O) groups is 1. The van der Waals surface area contributed by atoms with Gasteiger partial charge in [-0.2, -0.15) is 0 Å². The third-order valence-corrected chi connectivity index (χ3v) is 3.57. The van der Waals surface area contributed by atoms with Gasteiger partial charge in [-0.15, -0.1) is 0 Å². The lowest BCUT2D eigenvalue weighted by Gasteiger charge is -2.14. The van der Waals surface area contributed by atoms with Crippen molar-refractivity contribution >= 4 is 11.5 Å². The highest BCUT2D eigenvalue weighted by Gasteiger charge is 2.14. The predicted molar refractivity (Wildman–Crippen MR) is 89.0 cm³/mol. The molecule has 0 bridgehead atoms. The Morgan fingerprint density at radius 3 is 2.29 bits per heavy atom. The Kier molecular flexibility index (Phi) is 7.81. The van der Waals surface area contributed by atoms with E-state index < -0.39 is 0 Å².